The van der Waals surface area contributed by atoms with Crippen LogP contribution in [0.1, 0.15) is 19.3 Å². The maximum atomic E-state index is 3.53. The standard InChI is InChI=1S/C13H25N3/c1-15-5-2-3-13(4-6-15)16-9-11-7-14-8-12(11)10-16/h11-14H,2-10H2,1H3. The smallest absolute Gasteiger partial charge is 0.0108 e. The molecule has 0 aromatic carbocycles. The molecule has 1 N–H and O–H groups in total. The number of nitrogens with zero attached hydrogens (tertiary/aromatic N) is 2. The summed E-state index contributed by atoms with van der Waals surface area (Å²) in [7, 11) is 2.27. The van der Waals surface area contributed by atoms with Crippen LogP contribution >= 0.6 is 0 Å². The number of nitrogens with one attached hydrogen (secondary N) is 1. The summed E-state index contributed by atoms with van der Waals surface area (Å²) in [5.74, 6) is 1.92. The van der Waals surface area contributed by atoms with Gasteiger partial charge in [-0.2, -0.15) is 0 Å². The average Bonchev–Trinajstić information content (AvgIpc) is 2.77. The zero-order valence-electron chi connectivity index (χ0n) is 10.5. The Hall–Kier alpha value is -0.120. The molecule has 3 saturated heterocycles. The van der Waals surface area contributed by atoms with Crippen molar-refractivity contribution in [1.29, 1.82) is 0 Å². The highest BCUT2D eigenvalue weighted by Crippen LogP contribution is 2.30. The lowest BCUT2D eigenvalue weighted by molar-refractivity contribution is 0.205. The van der Waals surface area contributed by atoms with Crippen molar-refractivity contribution in [3.8, 4) is 0 Å². The molecule has 3 aliphatic heterocycles. The van der Waals surface area contributed by atoms with Gasteiger partial charge in [0, 0.05) is 19.1 Å². The van der Waals surface area contributed by atoms with Crippen molar-refractivity contribution in [2.24, 2.45) is 11.8 Å². The minimum atomic E-state index is 0.885. The molecule has 0 amide bonds. The van der Waals surface area contributed by atoms with Crippen molar-refractivity contribution < 1.29 is 0 Å². The van der Waals surface area contributed by atoms with Crippen LogP contribution in [0, 0.1) is 11.8 Å². The van der Waals surface area contributed by atoms with Gasteiger partial charge in [-0.05, 0) is 64.3 Å². The summed E-state index contributed by atoms with van der Waals surface area (Å²) in [6.45, 7) is 7.88. The highest BCUT2D eigenvalue weighted by molar-refractivity contribution is 4.94. The first-order chi connectivity index (χ1) is 7.83. The van der Waals surface area contributed by atoms with E-state index < -0.39 is 0 Å². The van der Waals surface area contributed by atoms with Crippen LogP contribution in [-0.2, 0) is 0 Å². The lowest BCUT2D eigenvalue weighted by atomic mass is 10.0. The number of likely N-dealkylation sites (tertiary alicyclic amines) is 2. The first-order valence-electron chi connectivity index (χ1n) is 6.96. The fourth-order valence-electron chi connectivity index (χ4n) is 3.78. The van der Waals surface area contributed by atoms with E-state index in [0.29, 0.717) is 0 Å². The summed E-state index contributed by atoms with van der Waals surface area (Å²) >= 11 is 0. The van der Waals surface area contributed by atoms with Gasteiger partial charge in [0.2, 0.25) is 0 Å². The molecule has 16 heavy (non-hydrogen) atoms. The molecule has 3 nitrogen and oxygen atoms in total. The van der Waals surface area contributed by atoms with Crippen LogP contribution < -0.4 is 5.32 Å². The van der Waals surface area contributed by atoms with Gasteiger partial charge in [0.05, 0.1) is 0 Å². The molecule has 0 aliphatic carbocycles. The van der Waals surface area contributed by atoms with Crippen LogP contribution in [0.5, 0.6) is 0 Å². The number of hydrogen-bond acceptors (Lipinski definition) is 3. The summed E-state index contributed by atoms with van der Waals surface area (Å²) < 4.78 is 0. The first kappa shape index (κ1) is 11.0. The Bertz CT molecular complexity index is 231. The van der Waals surface area contributed by atoms with Gasteiger partial charge < -0.3 is 10.2 Å². The summed E-state index contributed by atoms with van der Waals surface area (Å²) in [4.78, 5) is 5.30. The molecule has 3 rings (SSSR count). The molecule has 0 aromatic rings. The largest absolute Gasteiger partial charge is 0.316 e. The Morgan fingerprint density at radius 2 is 1.75 bits per heavy atom. The van der Waals surface area contributed by atoms with Gasteiger partial charge in [0.1, 0.15) is 0 Å². The molecule has 3 unspecified atom stereocenters. The van der Waals surface area contributed by atoms with Crippen molar-refractivity contribution in [2.45, 2.75) is 25.3 Å². The quantitative estimate of drug-likeness (QED) is 0.703. The van der Waals surface area contributed by atoms with Crippen LogP contribution in [0.2, 0.25) is 0 Å². The zero-order chi connectivity index (χ0) is 11.0. The monoisotopic (exact) mass is 223 g/mol. The summed E-state index contributed by atoms with van der Waals surface area (Å²) in [5.41, 5.74) is 0. The molecular formula is C13H25N3. The molecule has 0 saturated carbocycles. The Balaban J connectivity index is 1.57. The molecule has 0 bridgehead atoms. The van der Waals surface area contributed by atoms with Gasteiger partial charge >= 0.3 is 0 Å². The highest BCUT2D eigenvalue weighted by atomic mass is 15.2. The van der Waals surface area contributed by atoms with Crippen molar-refractivity contribution in [1.82, 2.24) is 15.1 Å². The Kier molecular flexibility index (Phi) is 3.18. The predicted octanol–water partition coefficient (Wildman–Crippen LogP) is 0.622. The average molecular weight is 223 g/mol. The van der Waals surface area contributed by atoms with Gasteiger partial charge in [-0.3, -0.25) is 4.90 Å². The summed E-state index contributed by atoms with van der Waals surface area (Å²) in [6, 6.07) is 0.885. The van der Waals surface area contributed by atoms with E-state index in [0.717, 1.165) is 17.9 Å². The molecular weight excluding hydrogens is 198 g/mol. The number of fused-ring (bicyclic) bond motifs is 1. The third-order valence-corrected chi connectivity index (χ3v) is 4.86. The van der Waals surface area contributed by atoms with Crippen LogP contribution in [0.3, 0.4) is 0 Å². The predicted molar refractivity (Wildman–Crippen MR) is 66.6 cm³/mol. The minimum Gasteiger partial charge on any atom is -0.316 e. The van der Waals surface area contributed by atoms with E-state index in [1.54, 1.807) is 0 Å². The Labute approximate surface area is 99.2 Å². The number of hydrogen-bond donors (Lipinski definition) is 1. The van der Waals surface area contributed by atoms with Crippen molar-refractivity contribution >= 4 is 0 Å². The molecule has 3 heterocycles. The molecule has 3 atom stereocenters. The summed E-state index contributed by atoms with van der Waals surface area (Å²) in [5, 5.41) is 3.53. The van der Waals surface area contributed by atoms with E-state index in [-0.39, 0.29) is 0 Å². The van der Waals surface area contributed by atoms with E-state index in [1.165, 1.54) is 58.5 Å². The molecule has 0 aromatic heterocycles. The van der Waals surface area contributed by atoms with Crippen molar-refractivity contribution in [3.05, 3.63) is 0 Å². The lowest BCUT2D eigenvalue weighted by Gasteiger charge is -2.27. The Morgan fingerprint density at radius 3 is 2.50 bits per heavy atom. The van der Waals surface area contributed by atoms with Gasteiger partial charge in [-0.15, -0.1) is 0 Å². The normalized spacial score (nSPS) is 42.2. The van der Waals surface area contributed by atoms with Crippen LogP contribution in [0.25, 0.3) is 0 Å². The Morgan fingerprint density at radius 1 is 1.00 bits per heavy atom. The van der Waals surface area contributed by atoms with E-state index in [9.17, 15) is 0 Å². The fraction of sp³-hybridized carbons (Fsp3) is 1.00. The van der Waals surface area contributed by atoms with E-state index >= 15 is 0 Å². The highest BCUT2D eigenvalue weighted by Gasteiger charge is 2.38. The minimum absolute atomic E-state index is 0.885. The zero-order valence-corrected chi connectivity index (χ0v) is 10.5. The van der Waals surface area contributed by atoms with E-state index in [4.69, 9.17) is 0 Å². The second kappa shape index (κ2) is 4.63. The maximum absolute atomic E-state index is 3.53. The van der Waals surface area contributed by atoms with Gasteiger partial charge in [-0.1, -0.05) is 0 Å². The first-order valence-corrected chi connectivity index (χ1v) is 6.96. The second-order valence-corrected chi connectivity index (χ2v) is 6.02. The van der Waals surface area contributed by atoms with Crippen LogP contribution in [0.15, 0.2) is 0 Å². The molecule has 3 aliphatic rings. The molecule has 3 heteroatoms. The summed E-state index contributed by atoms with van der Waals surface area (Å²) in [6.07, 6.45) is 4.21. The molecule has 3 fully saturated rings. The topological polar surface area (TPSA) is 18.5 Å². The SMILES string of the molecule is CN1CCCC(N2CC3CNCC3C2)CC1. The molecule has 0 radical (unpaired) electrons. The van der Waals surface area contributed by atoms with Gasteiger partial charge in [-0.25, -0.2) is 0 Å². The molecule has 92 valence electrons. The fourth-order valence-corrected chi connectivity index (χ4v) is 3.78. The van der Waals surface area contributed by atoms with Gasteiger partial charge in [0.25, 0.3) is 0 Å². The maximum Gasteiger partial charge on any atom is 0.0108 e. The lowest BCUT2D eigenvalue weighted by Crippen LogP contribution is -2.36. The van der Waals surface area contributed by atoms with Crippen molar-refractivity contribution in [2.75, 3.05) is 46.3 Å². The molecule has 0 spiro atoms. The van der Waals surface area contributed by atoms with Crippen LogP contribution in [-0.4, -0.2) is 62.2 Å². The van der Waals surface area contributed by atoms with E-state index in [1.807, 2.05) is 0 Å². The number of rotatable bonds is 1. The third kappa shape index (κ3) is 2.13. The van der Waals surface area contributed by atoms with E-state index in [2.05, 4.69) is 22.2 Å². The van der Waals surface area contributed by atoms with Gasteiger partial charge in [0.15, 0.2) is 0 Å². The second-order valence-electron chi connectivity index (χ2n) is 6.02. The third-order valence-electron chi connectivity index (χ3n) is 4.86. The van der Waals surface area contributed by atoms with Crippen LogP contribution in [0.4, 0.5) is 0 Å². The van der Waals surface area contributed by atoms with Crippen molar-refractivity contribution in [3.63, 3.8) is 0 Å².